The maximum Gasteiger partial charge on any atom is 0.244 e. The number of ether oxygens (including phenoxy) is 1. The minimum atomic E-state index is -0.146. The maximum atomic E-state index is 12.0. The van der Waals surface area contributed by atoms with Crippen LogP contribution in [-0.2, 0) is 4.79 Å². The van der Waals surface area contributed by atoms with E-state index in [1.807, 2.05) is 19.1 Å². The van der Waals surface area contributed by atoms with Gasteiger partial charge in [-0.25, -0.2) is 4.98 Å². The number of rotatable bonds is 9. The van der Waals surface area contributed by atoms with Crippen molar-refractivity contribution in [2.24, 2.45) is 5.41 Å². The summed E-state index contributed by atoms with van der Waals surface area (Å²) in [5.74, 6) is 0.300. The first-order valence-electron chi connectivity index (χ1n) is 10.9. The van der Waals surface area contributed by atoms with E-state index in [1.165, 1.54) is 42.2 Å². The Morgan fingerprint density at radius 1 is 1.23 bits per heavy atom. The van der Waals surface area contributed by atoms with Gasteiger partial charge in [0.1, 0.15) is 6.61 Å². The van der Waals surface area contributed by atoms with E-state index in [2.05, 4.69) is 61.2 Å². The van der Waals surface area contributed by atoms with Crippen LogP contribution in [0.25, 0.3) is 0 Å². The van der Waals surface area contributed by atoms with Crippen LogP contribution in [0.15, 0.2) is 77.3 Å². The predicted octanol–water partition coefficient (Wildman–Crippen LogP) is 5.50. The Balaban J connectivity index is 1.80. The minimum absolute atomic E-state index is 0.146. The highest BCUT2D eigenvalue weighted by Crippen LogP contribution is 2.40. The smallest absolute Gasteiger partial charge is 0.244 e. The number of nitrogens with zero attached hydrogens (tertiary/aromatic N) is 2. The summed E-state index contributed by atoms with van der Waals surface area (Å²) >= 11 is 0. The highest BCUT2D eigenvalue weighted by Gasteiger charge is 2.26. The number of nitrogens with one attached hydrogen (secondary N) is 1. The maximum absolute atomic E-state index is 12.0. The molecule has 0 aliphatic heterocycles. The number of hydrogen-bond donors (Lipinski definition) is 1. The average molecular weight is 422 g/mol. The highest BCUT2D eigenvalue weighted by atomic mass is 16.5. The Kier molecular flexibility index (Phi) is 9.44. The lowest BCUT2D eigenvalue weighted by Crippen LogP contribution is -2.26. The van der Waals surface area contributed by atoms with Gasteiger partial charge in [-0.2, -0.15) is 0 Å². The summed E-state index contributed by atoms with van der Waals surface area (Å²) < 4.78 is 5.40. The zero-order chi connectivity index (χ0) is 22.7. The second-order valence-corrected chi connectivity index (χ2v) is 8.61. The molecule has 0 unspecified atom stereocenters. The average Bonchev–Trinajstić information content (AvgIpc) is 2.71. The van der Waals surface area contributed by atoms with Crippen molar-refractivity contribution in [3.63, 3.8) is 0 Å². The van der Waals surface area contributed by atoms with Gasteiger partial charge in [-0.05, 0) is 56.6 Å². The predicted molar refractivity (Wildman–Crippen MR) is 127 cm³/mol. The molecule has 1 aliphatic rings. The second-order valence-electron chi connectivity index (χ2n) is 8.61. The third kappa shape index (κ3) is 8.75. The summed E-state index contributed by atoms with van der Waals surface area (Å²) in [5, 5.41) is 2.80. The monoisotopic (exact) mass is 421 g/mol. The lowest BCUT2D eigenvalue weighted by atomic mass is 9.72. The standard InChI is InChI=1S/C26H35N3O2/c1-20(11-12-23-22(3)10-7-13-26(23,4)5)8-6-9-21(2)18-24(30)28-16-17-31-25-19-27-14-15-29-25/h6,8-9,11-12,14-15,18-19H,7,10,13,16-17H2,1-5H3,(H,28,30). The van der Waals surface area contributed by atoms with Crippen molar-refractivity contribution >= 4 is 5.91 Å². The van der Waals surface area contributed by atoms with Gasteiger partial charge in [0.25, 0.3) is 0 Å². The molecule has 0 bridgehead atoms. The van der Waals surface area contributed by atoms with Gasteiger partial charge in [0.05, 0.1) is 12.7 Å². The van der Waals surface area contributed by atoms with Crippen molar-refractivity contribution in [3.8, 4) is 5.88 Å². The Bertz CT molecular complexity index is 890. The van der Waals surface area contributed by atoms with E-state index < -0.39 is 0 Å². The fourth-order valence-electron chi connectivity index (χ4n) is 3.63. The molecule has 1 amide bonds. The van der Waals surface area contributed by atoms with Gasteiger partial charge in [0, 0.05) is 18.5 Å². The van der Waals surface area contributed by atoms with Gasteiger partial charge in [-0.3, -0.25) is 9.78 Å². The van der Waals surface area contributed by atoms with E-state index in [0.717, 1.165) is 5.57 Å². The van der Waals surface area contributed by atoms with E-state index >= 15 is 0 Å². The molecule has 0 aromatic carbocycles. The number of amides is 1. The van der Waals surface area contributed by atoms with Crippen molar-refractivity contribution in [1.29, 1.82) is 0 Å². The SMILES string of the molecule is CC(C=CC1=C(C)CCCC1(C)C)=CC=CC(C)=CC(=O)NCCOc1cnccn1. The van der Waals surface area contributed by atoms with E-state index in [9.17, 15) is 4.79 Å². The van der Waals surface area contributed by atoms with E-state index in [0.29, 0.717) is 19.0 Å². The molecule has 0 spiro atoms. The molecular weight excluding hydrogens is 386 g/mol. The molecular formula is C26H35N3O2. The molecule has 1 aliphatic carbocycles. The van der Waals surface area contributed by atoms with Crippen molar-refractivity contribution < 1.29 is 9.53 Å². The Morgan fingerprint density at radius 2 is 2.03 bits per heavy atom. The number of allylic oxidation sites excluding steroid dienone is 9. The normalized spacial score (nSPS) is 17.5. The van der Waals surface area contributed by atoms with Crippen molar-refractivity contribution in [3.05, 3.63) is 77.3 Å². The van der Waals surface area contributed by atoms with Crippen LogP contribution < -0.4 is 10.1 Å². The molecule has 0 radical (unpaired) electrons. The van der Waals surface area contributed by atoms with Gasteiger partial charge in [0.15, 0.2) is 0 Å². The molecule has 0 atom stereocenters. The first-order chi connectivity index (χ1) is 14.8. The lowest BCUT2D eigenvalue weighted by Gasteiger charge is -2.32. The molecule has 2 rings (SSSR count). The topological polar surface area (TPSA) is 64.1 Å². The molecule has 166 valence electrons. The zero-order valence-corrected chi connectivity index (χ0v) is 19.4. The molecule has 0 saturated carbocycles. The highest BCUT2D eigenvalue weighted by molar-refractivity contribution is 5.88. The number of aromatic nitrogens is 2. The summed E-state index contributed by atoms with van der Waals surface area (Å²) in [5.41, 5.74) is 5.28. The second kappa shape index (κ2) is 12.0. The summed E-state index contributed by atoms with van der Waals surface area (Å²) in [6.45, 7) is 11.6. The molecule has 1 heterocycles. The fraction of sp³-hybridized carbons (Fsp3) is 0.423. The molecule has 31 heavy (non-hydrogen) atoms. The largest absolute Gasteiger partial charge is 0.475 e. The minimum Gasteiger partial charge on any atom is -0.475 e. The quantitative estimate of drug-likeness (QED) is 0.325. The van der Waals surface area contributed by atoms with Crippen LogP contribution in [0.2, 0.25) is 0 Å². The van der Waals surface area contributed by atoms with Crippen LogP contribution >= 0.6 is 0 Å². The molecule has 5 heteroatoms. The molecule has 1 aromatic heterocycles. The van der Waals surface area contributed by atoms with Crippen LogP contribution in [-0.4, -0.2) is 29.0 Å². The van der Waals surface area contributed by atoms with Crippen LogP contribution in [0.3, 0.4) is 0 Å². The third-order valence-corrected chi connectivity index (χ3v) is 5.32. The van der Waals surface area contributed by atoms with E-state index in [4.69, 9.17) is 4.74 Å². The van der Waals surface area contributed by atoms with E-state index in [1.54, 1.807) is 18.5 Å². The third-order valence-electron chi connectivity index (χ3n) is 5.32. The number of hydrogen-bond acceptors (Lipinski definition) is 4. The summed E-state index contributed by atoms with van der Waals surface area (Å²) in [6, 6.07) is 0. The van der Waals surface area contributed by atoms with Crippen LogP contribution in [0.5, 0.6) is 5.88 Å². The van der Waals surface area contributed by atoms with Gasteiger partial charge in [-0.1, -0.05) is 55.4 Å². The van der Waals surface area contributed by atoms with Crippen molar-refractivity contribution in [2.45, 2.75) is 53.9 Å². The Labute approximate surface area is 186 Å². The first-order valence-corrected chi connectivity index (χ1v) is 10.9. The van der Waals surface area contributed by atoms with Gasteiger partial charge >= 0.3 is 0 Å². The zero-order valence-electron chi connectivity index (χ0n) is 19.4. The molecule has 1 N–H and O–H groups in total. The van der Waals surface area contributed by atoms with Crippen LogP contribution in [0.1, 0.15) is 53.9 Å². The number of carbonyl (C=O) groups excluding carboxylic acids is 1. The lowest BCUT2D eigenvalue weighted by molar-refractivity contribution is -0.116. The van der Waals surface area contributed by atoms with Gasteiger partial charge in [0.2, 0.25) is 11.8 Å². The first kappa shape index (κ1) is 24.3. The molecule has 5 nitrogen and oxygen atoms in total. The molecule has 1 aromatic rings. The molecule has 0 saturated heterocycles. The van der Waals surface area contributed by atoms with Crippen molar-refractivity contribution in [2.75, 3.05) is 13.2 Å². The van der Waals surface area contributed by atoms with Gasteiger partial charge in [-0.15, -0.1) is 0 Å². The van der Waals surface area contributed by atoms with E-state index in [-0.39, 0.29) is 11.3 Å². The Hall–Kier alpha value is -2.95. The van der Waals surface area contributed by atoms with Crippen LogP contribution in [0.4, 0.5) is 0 Å². The summed E-state index contributed by atoms with van der Waals surface area (Å²) in [7, 11) is 0. The number of carbonyl (C=O) groups is 1. The van der Waals surface area contributed by atoms with Crippen molar-refractivity contribution in [1.82, 2.24) is 15.3 Å². The fourth-order valence-corrected chi connectivity index (χ4v) is 3.63. The van der Waals surface area contributed by atoms with Gasteiger partial charge < -0.3 is 10.1 Å². The summed E-state index contributed by atoms with van der Waals surface area (Å²) in [6.07, 6.45) is 20.4. The molecule has 0 fully saturated rings. The Morgan fingerprint density at radius 3 is 2.74 bits per heavy atom. The van der Waals surface area contributed by atoms with Crippen LogP contribution in [0, 0.1) is 5.41 Å². The summed E-state index contributed by atoms with van der Waals surface area (Å²) in [4.78, 5) is 19.9.